The average molecular weight is 325 g/mol. The summed E-state index contributed by atoms with van der Waals surface area (Å²) in [6.07, 6.45) is 1.84. The smallest absolute Gasteiger partial charge is 0.273 e. The summed E-state index contributed by atoms with van der Waals surface area (Å²) in [5.74, 6) is -0.00146. The van der Waals surface area contributed by atoms with Crippen LogP contribution in [0.3, 0.4) is 0 Å². The van der Waals surface area contributed by atoms with E-state index in [0.29, 0.717) is 5.69 Å². The van der Waals surface area contributed by atoms with E-state index in [1.165, 1.54) is 25.3 Å². The van der Waals surface area contributed by atoms with Gasteiger partial charge in [-0.05, 0) is 23.6 Å². The van der Waals surface area contributed by atoms with Gasteiger partial charge in [0.25, 0.3) is 5.69 Å². The molecule has 2 aromatic carbocycles. The Morgan fingerprint density at radius 1 is 1.25 bits per heavy atom. The lowest BCUT2D eigenvalue weighted by Crippen LogP contribution is -2.18. The van der Waals surface area contributed by atoms with Crippen molar-refractivity contribution in [2.75, 3.05) is 12.4 Å². The number of methoxy groups -OCH3 is 1. The van der Waals surface area contributed by atoms with Gasteiger partial charge in [-0.3, -0.25) is 14.9 Å². The maximum absolute atomic E-state index is 12.3. The number of amides is 1. The molecule has 24 heavy (non-hydrogen) atoms. The summed E-state index contributed by atoms with van der Waals surface area (Å²) in [4.78, 5) is 22.6. The first-order valence-corrected chi connectivity index (χ1v) is 7.24. The third kappa shape index (κ3) is 3.05. The van der Waals surface area contributed by atoms with Crippen LogP contribution in [0.15, 0.2) is 54.7 Å². The first-order chi connectivity index (χ1) is 11.6. The van der Waals surface area contributed by atoms with E-state index in [-0.39, 0.29) is 23.9 Å². The first-order valence-electron chi connectivity index (χ1n) is 7.24. The van der Waals surface area contributed by atoms with Gasteiger partial charge in [-0.25, -0.2) is 0 Å². The van der Waals surface area contributed by atoms with Gasteiger partial charge in [-0.1, -0.05) is 18.2 Å². The molecule has 0 radical (unpaired) electrons. The number of rotatable bonds is 5. The molecular weight excluding hydrogens is 310 g/mol. The normalized spacial score (nSPS) is 10.5. The van der Waals surface area contributed by atoms with Crippen LogP contribution in [0.4, 0.5) is 11.4 Å². The molecule has 0 aliphatic carbocycles. The van der Waals surface area contributed by atoms with Crippen LogP contribution in [0, 0.1) is 10.1 Å². The molecule has 1 heterocycles. The lowest BCUT2D eigenvalue weighted by molar-refractivity contribution is -0.384. The maximum Gasteiger partial charge on any atom is 0.273 e. The van der Waals surface area contributed by atoms with E-state index in [9.17, 15) is 14.9 Å². The Morgan fingerprint density at radius 3 is 2.79 bits per heavy atom. The zero-order valence-electron chi connectivity index (χ0n) is 12.9. The summed E-state index contributed by atoms with van der Waals surface area (Å²) < 4.78 is 6.95. The van der Waals surface area contributed by atoms with E-state index in [1.54, 1.807) is 0 Å². The molecule has 0 saturated heterocycles. The van der Waals surface area contributed by atoms with Crippen LogP contribution in [0.2, 0.25) is 0 Å². The fraction of sp³-hybridized carbons (Fsp3) is 0.118. The molecule has 122 valence electrons. The van der Waals surface area contributed by atoms with Crippen molar-refractivity contribution in [3.63, 3.8) is 0 Å². The second-order valence-electron chi connectivity index (χ2n) is 5.19. The molecule has 0 atom stereocenters. The minimum absolute atomic E-state index is 0.0961. The molecule has 0 spiro atoms. The van der Waals surface area contributed by atoms with Crippen molar-refractivity contribution < 1.29 is 14.5 Å². The molecule has 0 bridgehead atoms. The van der Waals surface area contributed by atoms with E-state index in [0.717, 1.165) is 10.9 Å². The lowest BCUT2D eigenvalue weighted by Gasteiger charge is -2.11. The highest BCUT2D eigenvalue weighted by Gasteiger charge is 2.14. The minimum atomic E-state index is -0.514. The van der Waals surface area contributed by atoms with Crippen LogP contribution in [-0.2, 0) is 11.3 Å². The summed E-state index contributed by atoms with van der Waals surface area (Å²) in [5, 5.41) is 14.6. The number of nitrogens with zero attached hydrogens (tertiary/aromatic N) is 2. The van der Waals surface area contributed by atoms with Crippen molar-refractivity contribution >= 4 is 28.2 Å². The van der Waals surface area contributed by atoms with Crippen LogP contribution in [0.5, 0.6) is 5.75 Å². The van der Waals surface area contributed by atoms with Gasteiger partial charge in [0, 0.05) is 17.8 Å². The topological polar surface area (TPSA) is 86.4 Å². The Kier molecular flexibility index (Phi) is 4.15. The molecular formula is C17H15N3O4. The third-order valence-corrected chi connectivity index (χ3v) is 3.66. The number of benzene rings is 2. The lowest BCUT2D eigenvalue weighted by atomic mass is 10.2. The molecule has 1 N–H and O–H groups in total. The number of carbonyl (C=O) groups excluding carboxylic acids is 1. The molecule has 1 aromatic heterocycles. The van der Waals surface area contributed by atoms with Crippen molar-refractivity contribution in [2.24, 2.45) is 0 Å². The number of aromatic nitrogens is 1. The Labute approximate surface area is 137 Å². The van der Waals surface area contributed by atoms with E-state index in [2.05, 4.69) is 5.32 Å². The van der Waals surface area contributed by atoms with Gasteiger partial charge in [0.1, 0.15) is 12.3 Å². The van der Waals surface area contributed by atoms with Crippen molar-refractivity contribution in [2.45, 2.75) is 6.54 Å². The molecule has 3 aromatic rings. The molecule has 0 unspecified atom stereocenters. The van der Waals surface area contributed by atoms with Gasteiger partial charge >= 0.3 is 0 Å². The number of nitro benzene ring substituents is 1. The summed E-state index contributed by atoms with van der Waals surface area (Å²) >= 11 is 0. The van der Waals surface area contributed by atoms with Crippen LogP contribution in [0.1, 0.15) is 0 Å². The first kappa shape index (κ1) is 15.5. The highest BCUT2D eigenvalue weighted by molar-refractivity contribution is 5.93. The van der Waals surface area contributed by atoms with Crippen LogP contribution < -0.4 is 10.1 Å². The van der Waals surface area contributed by atoms with Crippen molar-refractivity contribution in [1.29, 1.82) is 0 Å². The Balaban J connectivity index is 1.78. The van der Waals surface area contributed by atoms with Gasteiger partial charge < -0.3 is 14.6 Å². The van der Waals surface area contributed by atoms with Crippen LogP contribution in [0.25, 0.3) is 10.9 Å². The number of anilines is 1. The molecule has 1 amide bonds. The van der Waals surface area contributed by atoms with Crippen molar-refractivity contribution in [3.05, 3.63) is 64.8 Å². The molecule has 3 rings (SSSR count). The van der Waals surface area contributed by atoms with Crippen molar-refractivity contribution in [3.8, 4) is 5.75 Å². The molecule has 7 heteroatoms. The van der Waals surface area contributed by atoms with Crippen LogP contribution in [-0.4, -0.2) is 22.5 Å². The zero-order chi connectivity index (χ0) is 17.1. The predicted molar refractivity (Wildman–Crippen MR) is 90.2 cm³/mol. The van der Waals surface area contributed by atoms with Gasteiger partial charge in [-0.15, -0.1) is 0 Å². The average Bonchev–Trinajstić information content (AvgIpc) is 2.98. The maximum atomic E-state index is 12.3. The van der Waals surface area contributed by atoms with E-state index >= 15 is 0 Å². The summed E-state index contributed by atoms with van der Waals surface area (Å²) in [7, 11) is 1.40. The molecule has 0 saturated carbocycles. The number of hydrogen-bond acceptors (Lipinski definition) is 4. The van der Waals surface area contributed by atoms with Gasteiger partial charge in [-0.2, -0.15) is 0 Å². The molecule has 7 nitrogen and oxygen atoms in total. The Hall–Kier alpha value is -3.35. The van der Waals surface area contributed by atoms with E-state index in [1.807, 2.05) is 41.1 Å². The summed E-state index contributed by atoms with van der Waals surface area (Å²) in [6.45, 7) is 0.133. The van der Waals surface area contributed by atoms with Gasteiger partial charge in [0.15, 0.2) is 0 Å². The summed E-state index contributed by atoms with van der Waals surface area (Å²) in [5.41, 5.74) is 1.26. The predicted octanol–water partition coefficient (Wildman–Crippen LogP) is 3.20. The van der Waals surface area contributed by atoms with Gasteiger partial charge in [0.05, 0.1) is 23.8 Å². The molecule has 0 aliphatic rings. The highest BCUT2D eigenvalue weighted by Crippen LogP contribution is 2.29. The number of carbonyl (C=O) groups is 1. The van der Waals surface area contributed by atoms with Crippen molar-refractivity contribution in [1.82, 2.24) is 4.57 Å². The number of non-ortho nitro benzene ring substituents is 1. The summed E-state index contributed by atoms with van der Waals surface area (Å²) in [6, 6.07) is 13.8. The number of ether oxygens (including phenoxy) is 1. The SMILES string of the molecule is COc1cc([N+](=O)[O-])ccc1NC(=O)Cn1ccc2ccccc21. The Morgan fingerprint density at radius 2 is 2.04 bits per heavy atom. The monoisotopic (exact) mass is 325 g/mol. The number of para-hydroxylation sites is 1. The zero-order valence-corrected chi connectivity index (χ0v) is 12.9. The van der Waals surface area contributed by atoms with Gasteiger partial charge in [0.2, 0.25) is 5.91 Å². The number of nitro groups is 1. The van der Waals surface area contributed by atoms with Crippen LogP contribution >= 0.6 is 0 Å². The van der Waals surface area contributed by atoms with E-state index < -0.39 is 4.92 Å². The largest absolute Gasteiger partial charge is 0.494 e. The number of nitrogens with one attached hydrogen (secondary N) is 1. The highest BCUT2D eigenvalue weighted by atomic mass is 16.6. The number of hydrogen-bond donors (Lipinski definition) is 1. The second kappa shape index (κ2) is 6.41. The Bertz CT molecular complexity index is 917. The second-order valence-corrected chi connectivity index (χ2v) is 5.19. The molecule has 0 aliphatic heterocycles. The quantitative estimate of drug-likeness (QED) is 0.576. The number of fused-ring (bicyclic) bond motifs is 1. The van der Waals surface area contributed by atoms with E-state index in [4.69, 9.17) is 4.74 Å². The third-order valence-electron chi connectivity index (χ3n) is 3.66. The molecule has 0 fully saturated rings. The fourth-order valence-electron chi connectivity index (χ4n) is 2.52. The standard InChI is InChI=1S/C17H15N3O4/c1-24-16-10-13(20(22)23)6-7-14(16)18-17(21)11-19-9-8-12-4-2-3-5-15(12)19/h2-10H,11H2,1H3,(H,18,21). The fourth-order valence-corrected chi connectivity index (χ4v) is 2.52. The minimum Gasteiger partial charge on any atom is -0.494 e.